The topological polar surface area (TPSA) is 84.1 Å². The molecule has 2 aromatic carbocycles. The molecular weight excluding hydrogens is 473 g/mol. The normalized spacial score (nSPS) is 15.2. The molecular formula is C26H25ClFN3O4. The first-order chi connectivity index (χ1) is 16.9. The fourth-order valence-electron chi connectivity index (χ4n) is 4.20. The van der Waals surface area contributed by atoms with Crippen molar-refractivity contribution < 1.29 is 19.1 Å². The summed E-state index contributed by atoms with van der Waals surface area (Å²) in [5, 5.41) is 13.5. The molecule has 1 aliphatic rings. The lowest BCUT2D eigenvalue weighted by Crippen LogP contribution is -2.40. The van der Waals surface area contributed by atoms with Crippen LogP contribution in [0.4, 0.5) is 4.39 Å². The summed E-state index contributed by atoms with van der Waals surface area (Å²) in [7, 11) is 1.60. The Morgan fingerprint density at radius 1 is 1.14 bits per heavy atom. The number of aryl methyl sites for hydroxylation is 1. The molecule has 1 N–H and O–H groups in total. The molecule has 7 nitrogen and oxygen atoms in total. The lowest BCUT2D eigenvalue weighted by molar-refractivity contribution is 0.0303. The predicted molar refractivity (Wildman–Crippen MR) is 131 cm³/mol. The maximum absolute atomic E-state index is 15.1. The van der Waals surface area contributed by atoms with Crippen molar-refractivity contribution in [1.82, 2.24) is 9.47 Å². The molecule has 1 aliphatic heterocycles. The number of rotatable bonds is 6. The Bertz CT molecular complexity index is 1320. The smallest absolute Gasteiger partial charge is 0.254 e. The van der Waals surface area contributed by atoms with Crippen molar-refractivity contribution in [1.29, 1.82) is 0 Å². The van der Waals surface area contributed by atoms with Gasteiger partial charge in [0.2, 0.25) is 5.56 Å². The SMILES string of the molecule is Cn1cc(C(CC(c2cccc(C(=O)N3CCOCC3)c2)c2ccc(Cl)cc2F)=NO)ccc1=O. The molecule has 1 amide bonds. The average molecular weight is 498 g/mol. The quantitative estimate of drug-likeness (QED) is 0.316. The van der Waals surface area contributed by atoms with E-state index in [-0.39, 0.29) is 28.6 Å². The number of nitrogens with zero attached hydrogens (tertiary/aromatic N) is 3. The number of carbonyl (C=O) groups excluding carboxylic acids is 1. The van der Waals surface area contributed by atoms with E-state index < -0.39 is 11.7 Å². The molecule has 0 radical (unpaired) electrons. The highest BCUT2D eigenvalue weighted by Gasteiger charge is 2.24. The van der Waals surface area contributed by atoms with Gasteiger partial charge in [-0.15, -0.1) is 0 Å². The van der Waals surface area contributed by atoms with E-state index in [1.807, 2.05) is 6.07 Å². The van der Waals surface area contributed by atoms with Crippen LogP contribution < -0.4 is 5.56 Å². The van der Waals surface area contributed by atoms with E-state index in [0.717, 1.165) is 0 Å². The monoisotopic (exact) mass is 497 g/mol. The Hall–Kier alpha value is -3.49. The summed E-state index contributed by atoms with van der Waals surface area (Å²) in [4.78, 5) is 26.6. The molecule has 1 fully saturated rings. The van der Waals surface area contributed by atoms with E-state index in [1.165, 1.54) is 16.7 Å². The Labute approximate surface area is 207 Å². The molecule has 0 saturated carbocycles. The van der Waals surface area contributed by atoms with Gasteiger partial charge in [-0.2, -0.15) is 0 Å². The summed E-state index contributed by atoms with van der Waals surface area (Å²) in [6, 6.07) is 14.4. The number of oxime groups is 1. The second-order valence-electron chi connectivity index (χ2n) is 8.37. The molecule has 3 aromatic rings. The zero-order chi connectivity index (χ0) is 24.9. The van der Waals surface area contributed by atoms with Crippen molar-refractivity contribution in [3.05, 3.63) is 104 Å². The van der Waals surface area contributed by atoms with E-state index in [9.17, 15) is 14.8 Å². The molecule has 0 spiro atoms. The van der Waals surface area contributed by atoms with Crippen LogP contribution in [0.3, 0.4) is 0 Å². The summed E-state index contributed by atoms with van der Waals surface area (Å²) in [6.45, 7) is 1.98. The Morgan fingerprint density at radius 3 is 2.60 bits per heavy atom. The minimum atomic E-state index is -0.590. The number of carbonyl (C=O) groups is 1. The molecule has 35 heavy (non-hydrogen) atoms. The fourth-order valence-corrected chi connectivity index (χ4v) is 4.36. The highest BCUT2D eigenvalue weighted by atomic mass is 35.5. The van der Waals surface area contributed by atoms with Crippen molar-refractivity contribution in [2.24, 2.45) is 12.2 Å². The van der Waals surface area contributed by atoms with E-state index in [1.54, 1.807) is 54.5 Å². The largest absolute Gasteiger partial charge is 0.411 e. The average Bonchev–Trinajstić information content (AvgIpc) is 2.87. The molecule has 9 heteroatoms. The van der Waals surface area contributed by atoms with Crippen molar-refractivity contribution in [2.45, 2.75) is 12.3 Å². The zero-order valence-electron chi connectivity index (χ0n) is 19.2. The van der Waals surface area contributed by atoms with Crippen LogP contribution >= 0.6 is 11.6 Å². The number of hydrogen-bond acceptors (Lipinski definition) is 5. The van der Waals surface area contributed by atoms with Gasteiger partial charge in [-0.25, -0.2) is 4.39 Å². The highest BCUT2D eigenvalue weighted by molar-refractivity contribution is 6.30. The second kappa shape index (κ2) is 10.8. The number of benzene rings is 2. The minimum Gasteiger partial charge on any atom is -0.411 e. The van der Waals surface area contributed by atoms with Crippen molar-refractivity contribution in [3.63, 3.8) is 0 Å². The molecule has 4 rings (SSSR count). The first-order valence-electron chi connectivity index (χ1n) is 11.2. The summed E-state index contributed by atoms with van der Waals surface area (Å²) in [6.07, 6.45) is 1.67. The van der Waals surface area contributed by atoms with Gasteiger partial charge in [-0.05, 0) is 41.5 Å². The zero-order valence-corrected chi connectivity index (χ0v) is 19.9. The summed E-state index contributed by atoms with van der Waals surface area (Å²) in [5.74, 6) is -1.22. The van der Waals surface area contributed by atoms with Gasteiger partial charge < -0.3 is 19.4 Å². The van der Waals surface area contributed by atoms with Crippen LogP contribution in [0.15, 0.2) is 70.7 Å². The van der Waals surface area contributed by atoms with Gasteiger partial charge in [0.25, 0.3) is 5.91 Å². The van der Waals surface area contributed by atoms with Gasteiger partial charge >= 0.3 is 0 Å². The minimum absolute atomic E-state index is 0.114. The highest BCUT2D eigenvalue weighted by Crippen LogP contribution is 2.33. The van der Waals surface area contributed by atoms with Crippen LogP contribution in [0.2, 0.25) is 5.02 Å². The lowest BCUT2D eigenvalue weighted by atomic mass is 9.84. The first kappa shape index (κ1) is 24.6. The second-order valence-corrected chi connectivity index (χ2v) is 8.80. The van der Waals surface area contributed by atoms with E-state index in [4.69, 9.17) is 16.3 Å². The van der Waals surface area contributed by atoms with Crippen LogP contribution in [0, 0.1) is 5.82 Å². The lowest BCUT2D eigenvalue weighted by Gasteiger charge is -2.27. The number of aromatic nitrogens is 1. The third-order valence-corrected chi connectivity index (χ3v) is 6.34. The number of morpholine rings is 1. The molecule has 1 atom stereocenters. The van der Waals surface area contributed by atoms with Gasteiger partial charge in [0.1, 0.15) is 5.82 Å². The summed E-state index contributed by atoms with van der Waals surface area (Å²) >= 11 is 5.99. The maximum Gasteiger partial charge on any atom is 0.254 e. The van der Waals surface area contributed by atoms with Crippen LogP contribution in [-0.4, -0.2) is 52.6 Å². The number of halogens is 2. The third-order valence-electron chi connectivity index (χ3n) is 6.11. The first-order valence-corrected chi connectivity index (χ1v) is 11.5. The Morgan fingerprint density at radius 2 is 1.91 bits per heavy atom. The molecule has 1 unspecified atom stereocenters. The van der Waals surface area contributed by atoms with Crippen molar-refractivity contribution >= 4 is 23.2 Å². The van der Waals surface area contributed by atoms with Crippen LogP contribution in [-0.2, 0) is 11.8 Å². The molecule has 2 heterocycles. The molecule has 0 aliphatic carbocycles. The molecule has 182 valence electrons. The Kier molecular flexibility index (Phi) is 7.63. The van der Waals surface area contributed by atoms with Gasteiger partial charge in [0, 0.05) is 60.9 Å². The summed E-state index contributed by atoms with van der Waals surface area (Å²) < 4.78 is 21.8. The van der Waals surface area contributed by atoms with Crippen LogP contribution in [0.25, 0.3) is 0 Å². The van der Waals surface area contributed by atoms with E-state index >= 15 is 4.39 Å². The number of amides is 1. The van der Waals surface area contributed by atoms with Crippen LogP contribution in [0.5, 0.6) is 0 Å². The maximum atomic E-state index is 15.1. The number of hydrogen-bond donors (Lipinski definition) is 1. The third kappa shape index (κ3) is 5.61. The van der Waals surface area contributed by atoms with Gasteiger partial charge in [0.05, 0.1) is 18.9 Å². The predicted octanol–water partition coefficient (Wildman–Crippen LogP) is 4.05. The standard InChI is InChI=1S/C26H25ClFN3O4/c1-30-16-19(5-8-25(30)32)24(29-34)15-22(21-7-6-20(27)14-23(21)28)17-3-2-4-18(13-17)26(33)31-9-11-35-12-10-31/h2-8,13-14,16,22,34H,9-12,15H2,1H3. The van der Waals surface area contributed by atoms with Gasteiger partial charge in [-0.1, -0.05) is 35.0 Å². The fraction of sp³-hybridized carbons (Fsp3) is 0.269. The summed E-state index contributed by atoms with van der Waals surface area (Å²) in [5.41, 5.74) is 2.08. The van der Waals surface area contributed by atoms with E-state index in [2.05, 4.69) is 5.16 Å². The Balaban J connectivity index is 1.74. The van der Waals surface area contributed by atoms with Gasteiger partial charge in [0.15, 0.2) is 0 Å². The molecule has 0 bridgehead atoms. The van der Waals surface area contributed by atoms with Crippen LogP contribution in [0.1, 0.15) is 39.4 Å². The van der Waals surface area contributed by atoms with Crippen molar-refractivity contribution in [2.75, 3.05) is 26.3 Å². The van der Waals surface area contributed by atoms with Crippen molar-refractivity contribution in [3.8, 4) is 0 Å². The number of ether oxygens (including phenoxy) is 1. The van der Waals surface area contributed by atoms with Gasteiger partial charge in [-0.3, -0.25) is 9.59 Å². The molecule has 1 saturated heterocycles. The van der Waals surface area contributed by atoms with E-state index in [0.29, 0.717) is 48.6 Å². The molecule has 1 aromatic heterocycles. The number of pyridine rings is 1.